The van der Waals surface area contributed by atoms with E-state index in [0.717, 1.165) is 54.6 Å². The van der Waals surface area contributed by atoms with Gasteiger partial charge in [-0.05, 0) is 43.3 Å². The Morgan fingerprint density at radius 2 is 1.69 bits per heavy atom. The van der Waals surface area contributed by atoms with E-state index in [0.29, 0.717) is 5.69 Å². The molecule has 29 heavy (non-hydrogen) atoms. The summed E-state index contributed by atoms with van der Waals surface area (Å²) in [5, 5.41) is 6.28. The lowest BCUT2D eigenvalue weighted by Gasteiger charge is -2.30. The topological polar surface area (TPSA) is 66.5 Å². The third-order valence-electron chi connectivity index (χ3n) is 4.84. The normalized spacial score (nSPS) is 13.8. The summed E-state index contributed by atoms with van der Waals surface area (Å²) in [4.78, 5) is 19.0. The van der Waals surface area contributed by atoms with Gasteiger partial charge >= 0.3 is 0 Å². The van der Waals surface area contributed by atoms with Crippen molar-refractivity contribution in [1.29, 1.82) is 0 Å². The Kier molecular flexibility index (Phi) is 5.72. The molecule has 148 valence electrons. The zero-order valence-electron chi connectivity index (χ0n) is 16.4. The van der Waals surface area contributed by atoms with Gasteiger partial charge in [0.1, 0.15) is 5.69 Å². The monoisotopic (exact) mass is 388 g/mol. The van der Waals surface area contributed by atoms with Gasteiger partial charge in [0, 0.05) is 18.8 Å². The first-order chi connectivity index (χ1) is 14.2. The van der Waals surface area contributed by atoms with Crippen LogP contribution in [0.1, 0.15) is 16.1 Å². The number of nitrogens with one attached hydrogen (secondary N) is 2. The molecule has 1 saturated heterocycles. The Labute approximate surface area is 170 Å². The van der Waals surface area contributed by atoms with Crippen LogP contribution in [0.3, 0.4) is 0 Å². The number of para-hydroxylation sites is 2. The van der Waals surface area contributed by atoms with Gasteiger partial charge in [-0.3, -0.25) is 4.79 Å². The first kappa shape index (κ1) is 19.0. The predicted molar refractivity (Wildman–Crippen MR) is 116 cm³/mol. The van der Waals surface area contributed by atoms with Crippen molar-refractivity contribution in [2.75, 3.05) is 41.8 Å². The van der Waals surface area contributed by atoms with Crippen LogP contribution in [0.5, 0.6) is 0 Å². The van der Waals surface area contributed by atoms with E-state index < -0.39 is 0 Å². The van der Waals surface area contributed by atoms with Gasteiger partial charge in [-0.15, -0.1) is 0 Å². The Morgan fingerprint density at radius 1 is 0.966 bits per heavy atom. The zero-order valence-corrected chi connectivity index (χ0v) is 16.4. The second kappa shape index (κ2) is 8.75. The van der Waals surface area contributed by atoms with E-state index in [4.69, 9.17) is 4.74 Å². The van der Waals surface area contributed by atoms with E-state index >= 15 is 0 Å². The molecular weight excluding hydrogens is 364 g/mol. The molecule has 1 aliphatic rings. The summed E-state index contributed by atoms with van der Waals surface area (Å²) in [5.74, 6) is -0.228. The van der Waals surface area contributed by atoms with Gasteiger partial charge in [-0.1, -0.05) is 29.8 Å². The maximum absolute atomic E-state index is 12.4. The number of hydrogen-bond donors (Lipinski definition) is 2. The van der Waals surface area contributed by atoms with Gasteiger partial charge in [-0.2, -0.15) is 0 Å². The third kappa shape index (κ3) is 4.73. The molecule has 2 aromatic carbocycles. The number of carbonyl (C=O) groups excluding carboxylic acids is 1. The van der Waals surface area contributed by atoms with Gasteiger partial charge in [-0.25, -0.2) is 4.98 Å². The Morgan fingerprint density at radius 3 is 2.41 bits per heavy atom. The highest BCUT2D eigenvalue weighted by molar-refractivity contribution is 6.03. The molecule has 1 amide bonds. The number of aryl methyl sites for hydroxylation is 1. The van der Waals surface area contributed by atoms with Crippen LogP contribution in [0, 0.1) is 6.92 Å². The Bertz CT molecular complexity index is 965. The van der Waals surface area contributed by atoms with Crippen molar-refractivity contribution in [1.82, 2.24) is 4.98 Å². The molecule has 0 aliphatic carbocycles. The minimum absolute atomic E-state index is 0.228. The van der Waals surface area contributed by atoms with E-state index in [1.165, 1.54) is 0 Å². The summed E-state index contributed by atoms with van der Waals surface area (Å²) in [6, 6.07) is 19.5. The second-order valence-electron chi connectivity index (χ2n) is 6.99. The highest BCUT2D eigenvalue weighted by atomic mass is 16.5. The number of amides is 1. The number of anilines is 4. The van der Waals surface area contributed by atoms with Crippen molar-refractivity contribution in [3.05, 3.63) is 78.1 Å². The summed E-state index contributed by atoms with van der Waals surface area (Å²) in [6.45, 7) is 5.22. The van der Waals surface area contributed by atoms with Crippen molar-refractivity contribution >= 4 is 28.7 Å². The van der Waals surface area contributed by atoms with Crippen molar-refractivity contribution in [2.45, 2.75) is 6.92 Å². The molecule has 0 atom stereocenters. The Hall–Kier alpha value is -3.38. The van der Waals surface area contributed by atoms with Crippen LogP contribution >= 0.6 is 0 Å². The van der Waals surface area contributed by atoms with Crippen molar-refractivity contribution < 1.29 is 9.53 Å². The highest BCUT2D eigenvalue weighted by Crippen LogP contribution is 2.29. The lowest BCUT2D eigenvalue weighted by Crippen LogP contribution is -2.36. The molecule has 1 aromatic heterocycles. The molecule has 1 fully saturated rings. The number of ether oxygens (including phenoxy) is 1. The quantitative estimate of drug-likeness (QED) is 0.685. The number of aromatic nitrogens is 1. The number of benzene rings is 2. The lowest BCUT2D eigenvalue weighted by atomic mass is 10.2. The van der Waals surface area contributed by atoms with Crippen molar-refractivity contribution in [2.24, 2.45) is 0 Å². The third-order valence-corrected chi connectivity index (χ3v) is 4.84. The number of morpholine rings is 1. The van der Waals surface area contributed by atoms with Gasteiger partial charge in [0.05, 0.1) is 36.5 Å². The molecule has 6 heteroatoms. The van der Waals surface area contributed by atoms with Gasteiger partial charge in [0.15, 0.2) is 0 Å². The molecular formula is C23H24N4O2. The summed E-state index contributed by atoms with van der Waals surface area (Å²) >= 11 is 0. The minimum atomic E-state index is -0.228. The molecule has 0 radical (unpaired) electrons. The van der Waals surface area contributed by atoms with Crippen LogP contribution < -0.4 is 15.5 Å². The zero-order chi connectivity index (χ0) is 20.1. The molecule has 3 aromatic rings. The fourth-order valence-corrected chi connectivity index (χ4v) is 3.25. The van der Waals surface area contributed by atoms with Crippen LogP contribution in [0.4, 0.5) is 22.7 Å². The fraction of sp³-hybridized carbons (Fsp3) is 0.217. The maximum atomic E-state index is 12.4. The fourth-order valence-electron chi connectivity index (χ4n) is 3.25. The second-order valence-corrected chi connectivity index (χ2v) is 6.99. The van der Waals surface area contributed by atoms with Gasteiger partial charge in [0.25, 0.3) is 5.91 Å². The molecule has 1 aliphatic heterocycles. The van der Waals surface area contributed by atoms with Crippen molar-refractivity contribution in [3.63, 3.8) is 0 Å². The van der Waals surface area contributed by atoms with Crippen molar-refractivity contribution in [3.8, 4) is 0 Å². The average molecular weight is 388 g/mol. The molecule has 0 bridgehead atoms. The standard InChI is InChI=1S/C23H24N4O2/c1-17-6-8-18(9-7-17)26-23(28)21-11-10-19(16-24-21)25-20-4-2-3-5-22(20)27-12-14-29-15-13-27/h2-11,16,25H,12-15H2,1H3,(H,26,28). The largest absolute Gasteiger partial charge is 0.378 e. The van der Waals surface area contributed by atoms with Crippen LogP contribution in [-0.2, 0) is 4.74 Å². The van der Waals surface area contributed by atoms with E-state index in [2.05, 4.69) is 26.6 Å². The number of carbonyl (C=O) groups is 1. The lowest BCUT2D eigenvalue weighted by molar-refractivity contribution is 0.102. The summed E-state index contributed by atoms with van der Waals surface area (Å²) in [6.07, 6.45) is 1.68. The molecule has 0 spiro atoms. The molecule has 0 unspecified atom stereocenters. The number of pyridine rings is 1. The first-order valence-corrected chi connectivity index (χ1v) is 9.72. The summed E-state index contributed by atoms with van der Waals surface area (Å²) in [7, 11) is 0. The molecule has 2 N–H and O–H groups in total. The van der Waals surface area contributed by atoms with Crippen LogP contribution in [-0.4, -0.2) is 37.2 Å². The van der Waals surface area contributed by atoms with E-state index in [-0.39, 0.29) is 5.91 Å². The molecule has 6 nitrogen and oxygen atoms in total. The van der Waals surface area contributed by atoms with Gasteiger partial charge in [0.2, 0.25) is 0 Å². The molecule has 0 saturated carbocycles. The summed E-state index contributed by atoms with van der Waals surface area (Å²) in [5.41, 5.74) is 5.25. The van der Waals surface area contributed by atoms with E-state index in [9.17, 15) is 4.79 Å². The minimum Gasteiger partial charge on any atom is -0.378 e. The van der Waals surface area contributed by atoms with E-state index in [1.807, 2.05) is 55.5 Å². The SMILES string of the molecule is Cc1ccc(NC(=O)c2ccc(Nc3ccccc3N3CCOCC3)cn2)cc1. The average Bonchev–Trinajstić information content (AvgIpc) is 2.77. The van der Waals surface area contributed by atoms with Crippen LogP contribution in [0.15, 0.2) is 66.9 Å². The predicted octanol–water partition coefficient (Wildman–Crippen LogP) is 4.22. The summed E-state index contributed by atoms with van der Waals surface area (Å²) < 4.78 is 5.45. The Balaban J connectivity index is 1.45. The van der Waals surface area contributed by atoms with E-state index in [1.54, 1.807) is 12.3 Å². The molecule has 2 heterocycles. The highest BCUT2D eigenvalue weighted by Gasteiger charge is 2.15. The smallest absolute Gasteiger partial charge is 0.274 e. The molecule has 4 rings (SSSR count). The number of hydrogen-bond acceptors (Lipinski definition) is 5. The maximum Gasteiger partial charge on any atom is 0.274 e. The van der Waals surface area contributed by atoms with Crippen LogP contribution in [0.2, 0.25) is 0 Å². The van der Waals surface area contributed by atoms with Crippen LogP contribution in [0.25, 0.3) is 0 Å². The van der Waals surface area contributed by atoms with Gasteiger partial charge < -0.3 is 20.3 Å². The number of nitrogens with zero attached hydrogens (tertiary/aromatic N) is 2. The number of rotatable bonds is 5. The first-order valence-electron chi connectivity index (χ1n) is 9.72.